The number of hydrogen-bond donors (Lipinski definition) is 2. The van der Waals surface area contributed by atoms with Gasteiger partial charge in [0.2, 0.25) is 0 Å². The fourth-order valence-corrected chi connectivity index (χ4v) is 3.75. The summed E-state index contributed by atoms with van der Waals surface area (Å²) in [5.41, 5.74) is 0.287. The van der Waals surface area contributed by atoms with Gasteiger partial charge in [-0.1, -0.05) is 6.07 Å². The van der Waals surface area contributed by atoms with Crippen LogP contribution in [0.5, 0.6) is 0 Å². The van der Waals surface area contributed by atoms with Gasteiger partial charge in [-0.25, -0.2) is 18.2 Å². The molecule has 0 fully saturated rings. The summed E-state index contributed by atoms with van der Waals surface area (Å²) in [7, 11) is 0. The van der Waals surface area contributed by atoms with Crippen molar-refractivity contribution < 1.29 is 35.9 Å². The summed E-state index contributed by atoms with van der Waals surface area (Å²) in [6.07, 6.45) is -5.12. The number of carbonyl (C=O) groups is 2. The zero-order valence-electron chi connectivity index (χ0n) is 19.1. The maximum absolute atomic E-state index is 14.6. The van der Waals surface area contributed by atoms with Crippen LogP contribution >= 0.6 is 0 Å². The predicted octanol–water partition coefficient (Wildman–Crippen LogP) is 4.45. The number of aromatic nitrogens is 3. The molecule has 8 nitrogen and oxygen atoms in total. The van der Waals surface area contributed by atoms with Crippen molar-refractivity contribution >= 4 is 28.4 Å². The largest absolute Gasteiger partial charge is 0.437 e. The van der Waals surface area contributed by atoms with Crippen molar-refractivity contribution in [3.8, 4) is 6.07 Å². The summed E-state index contributed by atoms with van der Waals surface area (Å²) in [6, 6.07) is 7.30. The smallest absolute Gasteiger partial charge is 0.364 e. The van der Waals surface area contributed by atoms with E-state index in [1.807, 2.05) is 5.32 Å². The van der Waals surface area contributed by atoms with Gasteiger partial charge < -0.3 is 11.1 Å². The van der Waals surface area contributed by atoms with Crippen LogP contribution in [0.3, 0.4) is 0 Å². The number of fused-ring (bicyclic) bond motifs is 1. The summed E-state index contributed by atoms with van der Waals surface area (Å²) in [5, 5.41) is 13.9. The number of primary amides is 1. The van der Waals surface area contributed by atoms with Crippen LogP contribution in [0.4, 0.5) is 32.0 Å². The van der Waals surface area contributed by atoms with E-state index in [4.69, 9.17) is 11.0 Å². The van der Waals surface area contributed by atoms with Crippen LogP contribution in [0, 0.1) is 35.7 Å². The van der Waals surface area contributed by atoms with Crippen molar-refractivity contribution in [2.75, 3.05) is 5.32 Å². The SMILES string of the molecule is Cc1c(NC(=O)c2cc(C(N)=O)nc3cccc(F)c23)c(C(F)(F)F)nn1Cc1c(F)cc(C#N)cc1F. The fourth-order valence-electron chi connectivity index (χ4n) is 3.75. The molecular formula is C24H14F6N6O2. The molecule has 2 amide bonds. The number of amides is 2. The van der Waals surface area contributed by atoms with Crippen molar-refractivity contribution in [3.05, 3.63) is 87.6 Å². The molecular weight excluding hydrogens is 518 g/mol. The predicted molar refractivity (Wildman–Crippen MR) is 120 cm³/mol. The highest BCUT2D eigenvalue weighted by Crippen LogP contribution is 2.37. The van der Waals surface area contributed by atoms with Gasteiger partial charge in [0.25, 0.3) is 11.8 Å². The van der Waals surface area contributed by atoms with Crippen molar-refractivity contribution in [1.82, 2.24) is 14.8 Å². The van der Waals surface area contributed by atoms with Crippen molar-refractivity contribution in [1.29, 1.82) is 5.26 Å². The lowest BCUT2D eigenvalue weighted by Gasteiger charge is -2.12. The van der Waals surface area contributed by atoms with E-state index in [9.17, 15) is 35.9 Å². The van der Waals surface area contributed by atoms with Crippen LogP contribution in [0.25, 0.3) is 10.9 Å². The zero-order valence-corrected chi connectivity index (χ0v) is 19.1. The van der Waals surface area contributed by atoms with Gasteiger partial charge in [-0.2, -0.15) is 23.5 Å². The first-order chi connectivity index (χ1) is 17.8. The molecule has 2 aromatic carbocycles. The lowest BCUT2D eigenvalue weighted by molar-refractivity contribution is -0.140. The summed E-state index contributed by atoms with van der Waals surface area (Å²) in [4.78, 5) is 28.6. The van der Waals surface area contributed by atoms with E-state index in [0.717, 1.165) is 19.1 Å². The number of nitrogens with zero attached hydrogens (tertiary/aromatic N) is 4. The number of nitrogens with one attached hydrogen (secondary N) is 1. The number of benzene rings is 2. The van der Waals surface area contributed by atoms with Crippen molar-refractivity contribution in [2.45, 2.75) is 19.6 Å². The van der Waals surface area contributed by atoms with Gasteiger partial charge in [0.15, 0.2) is 5.69 Å². The topological polar surface area (TPSA) is 127 Å². The minimum absolute atomic E-state index is 0.151. The number of pyridine rings is 1. The molecule has 14 heteroatoms. The van der Waals surface area contributed by atoms with E-state index >= 15 is 0 Å². The van der Waals surface area contributed by atoms with Crippen molar-refractivity contribution in [2.24, 2.45) is 5.73 Å². The maximum atomic E-state index is 14.6. The molecule has 0 saturated heterocycles. The van der Waals surface area contributed by atoms with Crippen LogP contribution < -0.4 is 11.1 Å². The molecule has 4 aromatic rings. The van der Waals surface area contributed by atoms with E-state index in [1.165, 1.54) is 12.1 Å². The van der Waals surface area contributed by atoms with Gasteiger partial charge in [-0.05, 0) is 37.3 Å². The lowest BCUT2D eigenvalue weighted by atomic mass is 10.1. The molecule has 4 rings (SSSR count). The molecule has 0 aliphatic heterocycles. The van der Waals surface area contributed by atoms with Gasteiger partial charge in [0, 0.05) is 10.9 Å². The lowest BCUT2D eigenvalue weighted by Crippen LogP contribution is -2.20. The number of hydrogen-bond acceptors (Lipinski definition) is 5. The number of alkyl halides is 3. The molecule has 2 heterocycles. The van der Waals surface area contributed by atoms with Crippen LogP contribution in [-0.4, -0.2) is 26.6 Å². The van der Waals surface area contributed by atoms with Gasteiger partial charge in [-0.3, -0.25) is 14.3 Å². The fraction of sp³-hybridized carbons (Fsp3) is 0.125. The minimum atomic E-state index is -5.12. The second-order valence-electron chi connectivity index (χ2n) is 8.00. The van der Waals surface area contributed by atoms with Crippen LogP contribution in [0.15, 0.2) is 36.4 Å². The number of carbonyl (C=O) groups excluding carboxylic acids is 2. The number of halogens is 6. The summed E-state index contributed by atoms with van der Waals surface area (Å²) in [5.74, 6) is -5.64. The Kier molecular flexibility index (Phi) is 6.54. The molecule has 0 spiro atoms. The molecule has 194 valence electrons. The number of nitriles is 1. The number of nitrogens with two attached hydrogens (primary N) is 1. The van der Waals surface area contributed by atoms with Crippen LogP contribution in [0.2, 0.25) is 0 Å². The Morgan fingerprint density at radius 3 is 2.34 bits per heavy atom. The molecule has 0 unspecified atom stereocenters. The molecule has 0 aliphatic carbocycles. The highest BCUT2D eigenvalue weighted by Gasteiger charge is 2.39. The van der Waals surface area contributed by atoms with Gasteiger partial charge in [0.1, 0.15) is 23.1 Å². The second kappa shape index (κ2) is 9.51. The zero-order chi connectivity index (χ0) is 27.9. The van der Waals surface area contributed by atoms with E-state index in [-0.39, 0.29) is 22.2 Å². The molecule has 0 radical (unpaired) electrons. The third-order valence-corrected chi connectivity index (χ3v) is 5.57. The molecule has 3 N–H and O–H groups in total. The molecule has 38 heavy (non-hydrogen) atoms. The van der Waals surface area contributed by atoms with Gasteiger partial charge in [-0.15, -0.1) is 0 Å². The van der Waals surface area contributed by atoms with E-state index in [2.05, 4.69) is 10.1 Å². The average Bonchev–Trinajstić information content (AvgIpc) is 3.15. The number of rotatable bonds is 5. The van der Waals surface area contributed by atoms with Gasteiger partial charge >= 0.3 is 6.18 Å². The minimum Gasteiger partial charge on any atom is -0.364 e. The van der Waals surface area contributed by atoms with Crippen molar-refractivity contribution in [3.63, 3.8) is 0 Å². The Labute approximate surface area is 209 Å². The first kappa shape index (κ1) is 26.1. The Hall–Kier alpha value is -4.93. The first-order valence-corrected chi connectivity index (χ1v) is 10.5. The van der Waals surface area contributed by atoms with Crippen LogP contribution in [0.1, 0.15) is 43.4 Å². The standard InChI is InChI=1S/C24H14F6N6O2/c1-10-20(34-23(38)12-7-18(22(32)37)33-17-4-2-3-14(25)19(12)17)21(24(28,29)30)35-36(10)9-13-15(26)5-11(8-31)6-16(13)27/h2-7H,9H2,1H3,(H2,32,37)(H,34,38). The summed E-state index contributed by atoms with van der Waals surface area (Å²) in [6.45, 7) is 0.296. The molecule has 0 atom stereocenters. The monoisotopic (exact) mass is 532 g/mol. The Balaban J connectivity index is 1.82. The van der Waals surface area contributed by atoms with E-state index < -0.39 is 70.2 Å². The third-order valence-electron chi connectivity index (χ3n) is 5.57. The highest BCUT2D eigenvalue weighted by molar-refractivity contribution is 6.14. The quantitative estimate of drug-likeness (QED) is 0.368. The Bertz CT molecular complexity index is 1650. The van der Waals surface area contributed by atoms with E-state index in [1.54, 1.807) is 6.07 Å². The highest BCUT2D eigenvalue weighted by atomic mass is 19.4. The van der Waals surface area contributed by atoms with E-state index in [0.29, 0.717) is 16.8 Å². The molecule has 2 aromatic heterocycles. The normalized spacial score (nSPS) is 11.4. The molecule has 0 aliphatic rings. The van der Waals surface area contributed by atoms with Gasteiger partial charge in [0.05, 0.1) is 40.6 Å². The number of anilines is 1. The Morgan fingerprint density at radius 2 is 1.76 bits per heavy atom. The Morgan fingerprint density at radius 1 is 1.11 bits per heavy atom. The average molecular weight is 532 g/mol. The molecule has 0 saturated carbocycles. The third kappa shape index (κ3) is 4.73. The summed E-state index contributed by atoms with van der Waals surface area (Å²) >= 11 is 0. The second-order valence-corrected chi connectivity index (χ2v) is 8.00. The van der Waals surface area contributed by atoms with Crippen LogP contribution in [-0.2, 0) is 12.7 Å². The maximum Gasteiger partial charge on any atom is 0.437 e. The summed E-state index contributed by atoms with van der Waals surface area (Å²) < 4.78 is 85.4. The first-order valence-electron chi connectivity index (χ1n) is 10.5. The molecule has 0 bridgehead atoms.